The second kappa shape index (κ2) is 80.0. The number of amides is 2. The van der Waals surface area contributed by atoms with Gasteiger partial charge in [0.2, 0.25) is 11.8 Å². The third-order valence-electron chi connectivity index (χ3n) is 20.5. The van der Waals surface area contributed by atoms with Crippen LogP contribution >= 0.6 is 15.6 Å². The van der Waals surface area contributed by atoms with Crippen molar-refractivity contribution in [1.29, 1.82) is 0 Å². The second-order valence-electron chi connectivity index (χ2n) is 31.6. The van der Waals surface area contributed by atoms with Gasteiger partial charge >= 0.3 is 21.6 Å². The van der Waals surface area contributed by atoms with Crippen LogP contribution in [0.15, 0.2) is 0 Å². The number of hydrogen-bond donors (Lipinski definition) is 10. The third kappa shape index (κ3) is 76.6. The Kier molecular flexibility index (Phi) is 78.6. The Morgan fingerprint density at radius 3 is 1.21 bits per heavy atom. The lowest BCUT2D eigenvalue weighted by Crippen LogP contribution is -2.45. The molecule has 0 saturated heterocycles. The molecule has 24 nitrogen and oxygen atoms in total. The minimum atomic E-state index is -4.74. The quantitative estimate of drug-likeness (QED) is 0.0117. The predicted octanol–water partition coefficient (Wildman–Crippen LogP) is 19.4. The van der Waals surface area contributed by atoms with Gasteiger partial charge < -0.3 is 59.8 Å². The van der Waals surface area contributed by atoms with Crippen LogP contribution in [0.4, 0.5) is 0 Å². The van der Waals surface area contributed by atoms with Gasteiger partial charge in [0.1, 0.15) is 24.3 Å². The van der Waals surface area contributed by atoms with Crippen molar-refractivity contribution < 1.29 is 95.6 Å². The van der Waals surface area contributed by atoms with E-state index in [1.807, 2.05) is 0 Å². The highest BCUT2D eigenvalue weighted by molar-refractivity contribution is 7.47. The Morgan fingerprint density at radius 1 is 0.348 bits per heavy atom. The minimum Gasteiger partial charge on any atom is -0.462 e. The Morgan fingerprint density at radius 2 is 0.732 bits per heavy atom. The maximum Gasteiger partial charge on any atom is 0.472 e. The van der Waals surface area contributed by atoms with Gasteiger partial charge in [-0.2, -0.15) is 0 Å². The van der Waals surface area contributed by atoms with E-state index in [1.165, 1.54) is 141 Å². The first-order valence-corrected chi connectivity index (χ1v) is 48.7. The van der Waals surface area contributed by atoms with Crippen LogP contribution in [-0.4, -0.2) is 169 Å². The fourth-order valence-electron chi connectivity index (χ4n) is 13.6. The highest BCUT2D eigenvalue weighted by Crippen LogP contribution is 2.44. The summed E-state index contributed by atoms with van der Waals surface area (Å²) in [6.07, 6.45) is 50.2. The Balaban J connectivity index is 5.56. The molecule has 0 aliphatic heterocycles. The lowest BCUT2D eigenvalue weighted by atomic mass is 10.0. The molecule has 112 heavy (non-hydrogen) atoms. The number of unbranched alkanes of at least 4 members (excludes halogenated alkanes) is 40. The van der Waals surface area contributed by atoms with E-state index in [2.05, 4.69) is 62.8 Å². The van der Waals surface area contributed by atoms with E-state index >= 15 is 0 Å². The molecule has 0 bridgehead atoms. The smallest absolute Gasteiger partial charge is 0.462 e. The van der Waals surface area contributed by atoms with E-state index in [4.69, 9.17) is 37.0 Å². The zero-order valence-corrected chi connectivity index (χ0v) is 73.8. The van der Waals surface area contributed by atoms with Crippen LogP contribution in [0.5, 0.6) is 0 Å². The number of carbonyl (C=O) groups is 4. The highest BCUT2D eigenvalue weighted by Gasteiger charge is 2.28. The van der Waals surface area contributed by atoms with E-state index in [-0.39, 0.29) is 95.8 Å². The van der Waals surface area contributed by atoms with E-state index in [9.17, 15) is 58.5 Å². The number of ether oxygens (including phenoxy) is 4. The summed E-state index contributed by atoms with van der Waals surface area (Å²) in [5.41, 5.74) is 0. The Bertz CT molecular complexity index is 2220. The molecular formula is C86H172N4O20P2. The number of aliphatic hydroxyl groups excluding tert-OH is 4. The molecule has 0 saturated carbocycles. The minimum absolute atomic E-state index is 0.0833. The number of aliphatic hydroxyl groups is 4. The van der Waals surface area contributed by atoms with Crippen LogP contribution in [0.1, 0.15) is 414 Å². The number of carbonyl (C=O) groups excluding carboxylic acids is 4. The molecule has 0 spiro atoms. The summed E-state index contributed by atoms with van der Waals surface area (Å²) < 4.78 is 71.8. The third-order valence-corrected chi connectivity index (χ3v) is 22.5. The van der Waals surface area contributed by atoms with Crippen molar-refractivity contribution in [3.8, 4) is 0 Å². The molecule has 2 amide bonds. The fraction of sp³-hybridized carbons (Fsp3) is 0.953. The molecule has 0 aliphatic rings. The molecule has 666 valence electrons. The van der Waals surface area contributed by atoms with Crippen molar-refractivity contribution in [3.63, 3.8) is 0 Å². The van der Waals surface area contributed by atoms with Gasteiger partial charge in [0.15, 0.2) is 6.29 Å². The first-order chi connectivity index (χ1) is 54.2. The van der Waals surface area contributed by atoms with E-state index in [0.29, 0.717) is 44.9 Å². The number of phosphoric acid groups is 2. The molecular weight excluding hydrogens is 1470 g/mol. The highest BCUT2D eigenvalue weighted by atomic mass is 31.2. The first-order valence-electron chi connectivity index (χ1n) is 45.7. The standard InChI is InChI=1S/C86H172N4O20P2/c1-7-13-19-25-29-33-37-43-47-53-77(91)69-83(95)89-75(71-103-65-61-79(55-49-41-23-17-11-5)109-85(97)57-51-45-39-35-31-27-21-15-9-3)73-107-111(99,100)105-67-63-87-81(93)59-60-82(94)88-64-68-106-112(101,102)108-74-76(90-84(96)70-78(92)54-48-44-38-34-30-26-20-14-8-2)72-104-66-62-80(56-50-42-24-18-12-6)110-86(98)58-52-46-40-36-32-28-22-16-10-4/h75-77,79-81,84-85,87,90-91,93,96-97H,7-74H2,1-6H3,(H,88,94)(H,89,95)(H,99,100)(H,101,102). The van der Waals surface area contributed by atoms with Crippen molar-refractivity contribution in [1.82, 2.24) is 21.3 Å². The van der Waals surface area contributed by atoms with Crippen LogP contribution in [0.3, 0.4) is 0 Å². The number of hydrogen-bond acceptors (Lipinski definition) is 20. The molecule has 10 unspecified atom stereocenters. The molecule has 0 aromatic carbocycles. The number of nitrogens with one attached hydrogen (secondary N) is 4. The summed E-state index contributed by atoms with van der Waals surface area (Å²) in [5, 5.41) is 54.5. The molecule has 0 aliphatic carbocycles. The van der Waals surface area contributed by atoms with Gasteiger partial charge in [0.05, 0.1) is 77.0 Å². The van der Waals surface area contributed by atoms with Crippen LogP contribution in [0.25, 0.3) is 0 Å². The zero-order valence-electron chi connectivity index (χ0n) is 72.0. The molecule has 0 radical (unpaired) electrons. The number of Topliss-reactive ketones (excluding diaryl/α,β-unsaturated/α-hetero) is 1. The van der Waals surface area contributed by atoms with Crippen molar-refractivity contribution in [2.24, 2.45) is 0 Å². The van der Waals surface area contributed by atoms with Gasteiger partial charge in [-0.1, -0.05) is 311 Å². The van der Waals surface area contributed by atoms with Crippen LogP contribution in [0, 0.1) is 0 Å². The van der Waals surface area contributed by atoms with Gasteiger partial charge in [0, 0.05) is 51.8 Å². The Labute approximate surface area is 681 Å². The number of phosphoric ester groups is 2. The van der Waals surface area contributed by atoms with E-state index < -0.39 is 84.2 Å². The average molecular weight is 1640 g/mol. The molecule has 0 heterocycles. The maximum absolute atomic E-state index is 13.3. The van der Waals surface area contributed by atoms with Crippen molar-refractivity contribution in [2.75, 3.05) is 65.9 Å². The molecule has 0 aromatic rings. The van der Waals surface area contributed by atoms with Gasteiger partial charge in [-0.05, 0) is 64.2 Å². The molecule has 0 fully saturated rings. The number of ketones is 1. The molecule has 10 N–H and O–H groups in total. The van der Waals surface area contributed by atoms with E-state index in [0.717, 1.165) is 161 Å². The normalized spacial score (nSPS) is 15.1. The lowest BCUT2D eigenvalue weighted by molar-refractivity contribution is -0.150. The zero-order chi connectivity index (χ0) is 82.5. The van der Waals surface area contributed by atoms with Crippen molar-refractivity contribution in [2.45, 2.75) is 463 Å². The lowest BCUT2D eigenvalue weighted by Gasteiger charge is -2.24. The van der Waals surface area contributed by atoms with E-state index in [1.54, 1.807) is 0 Å². The molecule has 0 aromatic heterocycles. The van der Waals surface area contributed by atoms with Gasteiger partial charge in [-0.25, -0.2) is 9.13 Å². The van der Waals surface area contributed by atoms with Crippen LogP contribution < -0.4 is 21.3 Å². The average Bonchev–Trinajstić information content (AvgIpc) is 0.914. The number of rotatable bonds is 90. The Hall–Kier alpha value is -2.06. The van der Waals surface area contributed by atoms with Crippen molar-refractivity contribution in [3.05, 3.63) is 0 Å². The molecule has 10 atom stereocenters. The fourth-order valence-corrected chi connectivity index (χ4v) is 15.1. The summed E-state index contributed by atoms with van der Waals surface area (Å²) in [4.78, 5) is 73.6. The number of esters is 1. The summed E-state index contributed by atoms with van der Waals surface area (Å²) in [5.74, 6) is -1.32. The van der Waals surface area contributed by atoms with Gasteiger partial charge in [0.25, 0.3) is 0 Å². The monoisotopic (exact) mass is 1640 g/mol. The predicted molar refractivity (Wildman–Crippen MR) is 451 cm³/mol. The van der Waals surface area contributed by atoms with Crippen LogP contribution in [0.2, 0.25) is 0 Å². The van der Waals surface area contributed by atoms with Gasteiger partial charge in [-0.3, -0.25) is 47.9 Å². The largest absolute Gasteiger partial charge is 0.472 e. The molecule has 26 heteroatoms. The summed E-state index contributed by atoms with van der Waals surface area (Å²) >= 11 is 0. The SMILES string of the molecule is CCCCCCCCCCCC(=O)CC(O)NC(COCCC(CCCCCCC)OC(=O)CCCCCCCCCCC)COP(=O)(O)OCCNC(=O)CCC(O)NCCOP(=O)(O)OCC(COCCC(CCCCCCC)OC(O)CCCCCCCCCCC)NC(=O)CC(O)CCCCCCCCCCC. The molecule has 0 rings (SSSR count). The maximum atomic E-state index is 13.3. The summed E-state index contributed by atoms with van der Waals surface area (Å²) in [6, 6.07) is -1.77. The van der Waals surface area contributed by atoms with Crippen molar-refractivity contribution >= 4 is 39.2 Å². The van der Waals surface area contributed by atoms with Gasteiger partial charge in [-0.15, -0.1) is 0 Å². The van der Waals surface area contributed by atoms with Crippen LogP contribution in [-0.2, 0) is 65.4 Å². The topological polar surface area (TPSA) is 346 Å². The summed E-state index contributed by atoms with van der Waals surface area (Å²) in [7, 11) is -9.47. The second-order valence-corrected chi connectivity index (χ2v) is 34.6. The summed E-state index contributed by atoms with van der Waals surface area (Å²) in [6.45, 7) is 11.4. The first kappa shape index (κ1) is 110.